The molecule has 6 nitrogen and oxygen atoms in total. The van der Waals surface area contributed by atoms with E-state index in [-0.39, 0.29) is 24.4 Å². The lowest BCUT2D eigenvalue weighted by molar-refractivity contribution is 0.172. The van der Waals surface area contributed by atoms with Crippen LogP contribution in [0.4, 0.5) is 9.59 Å². The van der Waals surface area contributed by atoms with E-state index in [1.165, 1.54) is 0 Å². The van der Waals surface area contributed by atoms with Crippen molar-refractivity contribution in [3.63, 3.8) is 0 Å². The molecule has 0 heterocycles. The Morgan fingerprint density at radius 3 is 1.60 bits per heavy atom. The zero-order valence-electron chi connectivity index (χ0n) is 9.20. The first kappa shape index (κ1) is 13.5. The highest BCUT2D eigenvalue weighted by atomic mass is 16.4. The van der Waals surface area contributed by atoms with Crippen LogP contribution in [0, 0.1) is 11.3 Å². The molecule has 0 aliphatic heterocycles. The van der Waals surface area contributed by atoms with Crippen molar-refractivity contribution in [2.45, 2.75) is 20.8 Å². The van der Waals surface area contributed by atoms with Gasteiger partial charge in [-0.1, -0.05) is 20.8 Å². The maximum absolute atomic E-state index is 10.3. The van der Waals surface area contributed by atoms with Crippen molar-refractivity contribution in [2.24, 2.45) is 11.3 Å². The van der Waals surface area contributed by atoms with E-state index in [9.17, 15) is 9.59 Å². The molecule has 0 fully saturated rings. The highest BCUT2D eigenvalue weighted by Crippen LogP contribution is 2.24. The van der Waals surface area contributed by atoms with Crippen LogP contribution in [0.5, 0.6) is 0 Å². The Labute approximate surface area is 88.7 Å². The number of hydrogen-bond acceptors (Lipinski definition) is 2. The summed E-state index contributed by atoms with van der Waals surface area (Å²) in [5.41, 5.74) is -0.162. The summed E-state index contributed by atoms with van der Waals surface area (Å²) < 4.78 is 0. The number of amides is 2. The molecule has 0 saturated heterocycles. The summed E-state index contributed by atoms with van der Waals surface area (Å²) in [5, 5.41) is 21.4. The molecule has 0 aromatic carbocycles. The topological polar surface area (TPSA) is 98.7 Å². The Bertz CT molecular complexity index is 217. The van der Waals surface area contributed by atoms with Gasteiger partial charge in [-0.2, -0.15) is 0 Å². The molecule has 15 heavy (non-hydrogen) atoms. The third-order valence-electron chi connectivity index (χ3n) is 2.22. The molecule has 88 valence electrons. The smallest absolute Gasteiger partial charge is 0.404 e. The quantitative estimate of drug-likeness (QED) is 0.569. The third kappa shape index (κ3) is 6.59. The van der Waals surface area contributed by atoms with Crippen LogP contribution in [0.15, 0.2) is 0 Å². The minimum absolute atomic E-state index is 0.0790. The number of hydrogen-bond donors (Lipinski definition) is 4. The summed E-state index contributed by atoms with van der Waals surface area (Å²) in [6.07, 6.45) is -2.20. The molecule has 0 unspecified atom stereocenters. The number of rotatable bonds is 4. The zero-order valence-corrected chi connectivity index (χ0v) is 9.20. The molecular formula is C9H18N2O4. The molecule has 0 rings (SSSR count). The van der Waals surface area contributed by atoms with Gasteiger partial charge in [0.1, 0.15) is 0 Å². The normalized spacial score (nSPS) is 11.2. The van der Waals surface area contributed by atoms with Crippen LogP contribution in [0.25, 0.3) is 0 Å². The van der Waals surface area contributed by atoms with E-state index >= 15 is 0 Å². The van der Waals surface area contributed by atoms with Gasteiger partial charge in [0.25, 0.3) is 0 Å². The maximum Gasteiger partial charge on any atom is 0.404 e. The second-order valence-corrected chi connectivity index (χ2v) is 4.44. The Kier molecular flexibility index (Phi) is 4.90. The number of carbonyl (C=O) groups is 2. The van der Waals surface area contributed by atoms with Gasteiger partial charge >= 0.3 is 12.2 Å². The molecule has 0 aliphatic carbocycles. The van der Waals surface area contributed by atoms with Crippen molar-refractivity contribution in [3.8, 4) is 0 Å². The predicted molar refractivity (Wildman–Crippen MR) is 55.0 cm³/mol. The third-order valence-corrected chi connectivity index (χ3v) is 2.22. The fourth-order valence-electron chi connectivity index (χ4n) is 1.11. The molecule has 0 bridgehead atoms. The molecule has 0 radical (unpaired) electrons. The van der Waals surface area contributed by atoms with Crippen molar-refractivity contribution in [3.05, 3.63) is 0 Å². The fourth-order valence-corrected chi connectivity index (χ4v) is 1.11. The van der Waals surface area contributed by atoms with Crippen LogP contribution >= 0.6 is 0 Å². The highest BCUT2D eigenvalue weighted by Gasteiger charge is 2.25. The van der Waals surface area contributed by atoms with E-state index in [4.69, 9.17) is 10.2 Å². The molecule has 0 aliphatic rings. The van der Waals surface area contributed by atoms with Crippen molar-refractivity contribution < 1.29 is 19.8 Å². The minimum atomic E-state index is -1.10. The molecule has 0 aromatic rings. The molecule has 2 amide bonds. The Hall–Kier alpha value is -1.46. The standard InChI is InChI=1S/C9H18N2O4/c1-9(2,3)6(4-10-7(12)13)5-11-8(14)15/h6,10-11H,4-5H2,1-3H3,(H,12,13)(H,14,15). The molecule has 6 heteroatoms. The lowest BCUT2D eigenvalue weighted by atomic mass is 9.80. The van der Waals surface area contributed by atoms with Crippen molar-refractivity contribution in [2.75, 3.05) is 13.1 Å². The van der Waals surface area contributed by atoms with Gasteiger partial charge in [0.15, 0.2) is 0 Å². The summed E-state index contributed by atoms with van der Waals surface area (Å²) in [5.74, 6) is -0.0790. The van der Waals surface area contributed by atoms with Crippen molar-refractivity contribution in [1.29, 1.82) is 0 Å². The first-order valence-corrected chi connectivity index (χ1v) is 4.67. The molecule has 0 saturated carbocycles. The van der Waals surface area contributed by atoms with Crippen LogP contribution in [-0.2, 0) is 0 Å². The van der Waals surface area contributed by atoms with Crippen molar-refractivity contribution >= 4 is 12.2 Å². The average molecular weight is 218 g/mol. The Morgan fingerprint density at radius 1 is 1.07 bits per heavy atom. The van der Waals surface area contributed by atoms with Gasteiger partial charge in [-0.25, -0.2) is 9.59 Å². The summed E-state index contributed by atoms with van der Waals surface area (Å²) in [4.78, 5) is 20.6. The maximum atomic E-state index is 10.3. The summed E-state index contributed by atoms with van der Waals surface area (Å²) >= 11 is 0. The Balaban J connectivity index is 4.19. The van der Waals surface area contributed by atoms with Gasteiger partial charge in [-0.3, -0.25) is 0 Å². The van der Waals surface area contributed by atoms with Gasteiger partial charge in [0, 0.05) is 13.1 Å². The second-order valence-electron chi connectivity index (χ2n) is 4.44. The van der Waals surface area contributed by atoms with E-state index in [0.29, 0.717) is 0 Å². The monoisotopic (exact) mass is 218 g/mol. The van der Waals surface area contributed by atoms with E-state index in [1.807, 2.05) is 20.8 Å². The predicted octanol–water partition coefficient (Wildman–Crippen LogP) is 1.18. The van der Waals surface area contributed by atoms with Gasteiger partial charge in [0.2, 0.25) is 0 Å². The van der Waals surface area contributed by atoms with Crippen LogP contribution in [0.1, 0.15) is 20.8 Å². The lowest BCUT2D eigenvalue weighted by Crippen LogP contribution is -2.41. The van der Waals surface area contributed by atoms with Gasteiger partial charge < -0.3 is 20.8 Å². The summed E-state index contributed by atoms with van der Waals surface area (Å²) in [6.45, 7) is 6.28. The zero-order chi connectivity index (χ0) is 12.1. The van der Waals surface area contributed by atoms with E-state index in [1.54, 1.807) is 0 Å². The molecule has 0 atom stereocenters. The summed E-state index contributed by atoms with van der Waals surface area (Å²) in [6, 6.07) is 0. The molecule has 4 N–H and O–H groups in total. The number of carboxylic acid groups (broad SMARTS) is 2. The SMILES string of the molecule is CC(C)(C)C(CNC(=O)O)CNC(=O)O. The molecule has 0 aromatic heterocycles. The van der Waals surface area contributed by atoms with Gasteiger partial charge in [0.05, 0.1) is 0 Å². The number of nitrogens with one attached hydrogen (secondary N) is 2. The Morgan fingerprint density at radius 2 is 1.40 bits per heavy atom. The van der Waals surface area contributed by atoms with Gasteiger partial charge in [-0.15, -0.1) is 0 Å². The van der Waals surface area contributed by atoms with Gasteiger partial charge in [-0.05, 0) is 11.3 Å². The first-order valence-electron chi connectivity index (χ1n) is 4.67. The van der Waals surface area contributed by atoms with E-state index < -0.39 is 12.2 Å². The van der Waals surface area contributed by atoms with E-state index in [2.05, 4.69) is 10.6 Å². The van der Waals surface area contributed by atoms with Crippen LogP contribution in [0.2, 0.25) is 0 Å². The summed E-state index contributed by atoms with van der Waals surface area (Å²) in [7, 11) is 0. The highest BCUT2D eigenvalue weighted by molar-refractivity contribution is 5.65. The van der Waals surface area contributed by atoms with Crippen LogP contribution in [-0.4, -0.2) is 35.5 Å². The van der Waals surface area contributed by atoms with Crippen LogP contribution < -0.4 is 10.6 Å². The lowest BCUT2D eigenvalue weighted by Gasteiger charge is -2.30. The van der Waals surface area contributed by atoms with Crippen LogP contribution in [0.3, 0.4) is 0 Å². The molecular weight excluding hydrogens is 200 g/mol. The second kappa shape index (κ2) is 5.43. The van der Waals surface area contributed by atoms with Crippen molar-refractivity contribution in [1.82, 2.24) is 10.6 Å². The first-order chi connectivity index (χ1) is 6.73. The molecule has 0 spiro atoms. The largest absolute Gasteiger partial charge is 0.465 e. The minimum Gasteiger partial charge on any atom is -0.465 e. The average Bonchev–Trinajstić information content (AvgIpc) is 2.00. The van der Waals surface area contributed by atoms with E-state index in [0.717, 1.165) is 0 Å². The fraction of sp³-hybridized carbons (Fsp3) is 0.778.